The van der Waals surface area contributed by atoms with E-state index in [2.05, 4.69) is 22.6 Å². The van der Waals surface area contributed by atoms with E-state index in [1.807, 2.05) is 0 Å². The lowest BCUT2D eigenvalue weighted by molar-refractivity contribution is -0.161. The molecule has 88 valence electrons. The largest absolute Gasteiger partial charge is 0.462 e. The Morgan fingerprint density at radius 3 is 2.38 bits per heavy atom. The summed E-state index contributed by atoms with van der Waals surface area (Å²) in [5, 5.41) is 0. The van der Waals surface area contributed by atoms with E-state index in [-0.39, 0.29) is 12.2 Å². The second-order valence-corrected chi connectivity index (χ2v) is 3.22. The average Bonchev–Trinajstić information content (AvgIpc) is 2.24. The van der Waals surface area contributed by atoms with Crippen molar-refractivity contribution >= 4 is 17.9 Å². The quantitative estimate of drug-likeness (QED) is 0.397. The van der Waals surface area contributed by atoms with Crippen LogP contribution in [0, 0.1) is 5.92 Å². The third kappa shape index (κ3) is 5.09. The van der Waals surface area contributed by atoms with Crippen LogP contribution in [-0.4, -0.2) is 24.5 Å². The Balaban J connectivity index is 4.09. The first kappa shape index (κ1) is 14.1. The predicted molar refractivity (Wildman–Crippen MR) is 56.2 cm³/mol. The van der Waals surface area contributed by atoms with E-state index < -0.39 is 23.8 Å². The fourth-order valence-electron chi connectivity index (χ4n) is 0.613. The third-order valence-corrected chi connectivity index (χ3v) is 1.59. The first-order valence-corrected chi connectivity index (χ1v) is 4.59. The molecule has 0 heterocycles. The molecule has 0 aromatic carbocycles. The van der Waals surface area contributed by atoms with Gasteiger partial charge in [-0.25, -0.2) is 9.59 Å². The number of esters is 3. The highest BCUT2D eigenvalue weighted by Crippen LogP contribution is 2.03. The van der Waals surface area contributed by atoms with Gasteiger partial charge >= 0.3 is 17.9 Å². The van der Waals surface area contributed by atoms with E-state index in [4.69, 9.17) is 0 Å². The van der Waals surface area contributed by atoms with Crippen LogP contribution >= 0.6 is 0 Å². The van der Waals surface area contributed by atoms with E-state index >= 15 is 0 Å². The lowest BCUT2D eigenvalue weighted by atomic mass is 10.2. The van der Waals surface area contributed by atoms with Gasteiger partial charge in [-0.2, -0.15) is 0 Å². The molecule has 0 fully saturated rings. The van der Waals surface area contributed by atoms with Crippen molar-refractivity contribution in [1.29, 1.82) is 0 Å². The summed E-state index contributed by atoms with van der Waals surface area (Å²) >= 11 is 0. The first-order valence-electron chi connectivity index (χ1n) is 4.59. The van der Waals surface area contributed by atoms with Gasteiger partial charge < -0.3 is 9.47 Å². The maximum atomic E-state index is 11.3. The molecule has 1 atom stereocenters. The van der Waals surface area contributed by atoms with Gasteiger partial charge in [0.15, 0.2) is 0 Å². The fourth-order valence-corrected chi connectivity index (χ4v) is 0.613. The summed E-state index contributed by atoms with van der Waals surface area (Å²) in [6.45, 7) is 9.27. The summed E-state index contributed by atoms with van der Waals surface area (Å²) in [6, 6.07) is 0. The van der Waals surface area contributed by atoms with Crippen LogP contribution in [0.4, 0.5) is 0 Å². The van der Waals surface area contributed by atoms with Crippen LogP contribution in [-0.2, 0) is 23.9 Å². The first-order chi connectivity index (χ1) is 7.38. The number of ether oxygens (including phenoxy) is 2. The summed E-state index contributed by atoms with van der Waals surface area (Å²) in [5.41, 5.74) is 0.128. The number of carbonyl (C=O) groups is 3. The molecule has 0 saturated heterocycles. The fraction of sp³-hybridized carbons (Fsp3) is 0.364. The molecule has 0 bridgehead atoms. The maximum Gasteiger partial charge on any atom is 0.340 e. The molecule has 0 aliphatic carbocycles. The van der Waals surface area contributed by atoms with Crippen molar-refractivity contribution in [3.05, 3.63) is 24.8 Å². The molecule has 0 aliphatic heterocycles. The van der Waals surface area contributed by atoms with Crippen LogP contribution in [0.3, 0.4) is 0 Å². The zero-order valence-electron chi connectivity index (χ0n) is 9.32. The molecule has 5 heteroatoms. The van der Waals surface area contributed by atoms with Crippen LogP contribution in [0.2, 0.25) is 0 Å². The molecule has 16 heavy (non-hydrogen) atoms. The second-order valence-electron chi connectivity index (χ2n) is 3.22. The van der Waals surface area contributed by atoms with Gasteiger partial charge in [0.05, 0.1) is 5.92 Å². The molecule has 0 N–H and O–H groups in total. The highest BCUT2D eigenvalue weighted by atomic mass is 16.6. The molecule has 5 nitrogen and oxygen atoms in total. The van der Waals surface area contributed by atoms with Gasteiger partial charge in [-0.1, -0.05) is 13.2 Å². The van der Waals surface area contributed by atoms with E-state index in [9.17, 15) is 14.4 Å². The Kier molecular flexibility index (Phi) is 5.77. The van der Waals surface area contributed by atoms with Crippen molar-refractivity contribution < 1.29 is 23.9 Å². The minimum Gasteiger partial charge on any atom is -0.462 e. The van der Waals surface area contributed by atoms with E-state index in [1.165, 1.54) is 13.8 Å². The van der Waals surface area contributed by atoms with Crippen LogP contribution in [0.5, 0.6) is 0 Å². The molecule has 0 radical (unpaired) electrons. The molecular formula is C11H14O5. The Hall–Kier alpha value is -1.91. The Morgan fingerprint density at radius 1 is 1.38 bits per heavy atom. The van der Waals surface area contributed by atoms with Gasteiger partial charge in [-0.15, -0.1) is 0 Å². The van der Waals surface area contributed by atoms with Gasteiger partial charge in [0.2, 0.25) is 0 Å². The summed E-state index contributed by atoms with van der Waals surface area (Å²) < 4.78 is 9.07. The molecule has 1 unspecified atom stereocenters. The smallest absolute Gasteiger partial charge is 0.340 e. The summed E-state index contributed by atoms with van der Waals surface area (Å²) in [7, 11) is 0. The lowest BCUT2D eigenvalue weighted by Gasteiger charge is -2.09. The summed E-state index contributed by atoms with van der Waals surface area (Å²) in [5.74, 6) is -2.89. The van der Waals surface area contributed by atoms with E-state index in [0.29, 0.717) is 0 Å². The molecule has 0 aromatic rings. The van der Waals surface area contributed by atoms with E-state index in [0.717, 1.165) is 6.08 Å². The minimum absolute atomic E-state index is 0.128. The van der Waals surface area contributed by atoms with Crippen molar-refractivity contribution in [1.82, 2.24) is 0 Å². The Labute approximate surface area is 93.7 Å². The predicted octanol–water partition coefficient (Wildman–Crippen LogP) is 0.998. The van der Waals surface area contributed by atoms with Gasteiger partial charge in [0.25, 0.3) is 0 Å². The van der Waals surface area contributed by atoms with Gasteiger partial charge in [-0.3, -0.25) is 4.79 Å². The maximum absolute atomic E-state index is 11.3. The molecule has 0 amide bonds. The molecule has 0 aliphatic rings. The molecular weight excluding hydrogens is 212 g/mol. The molecule has 0 saturated carbocycles. The van der Waals surface area contributed by atoms with Crippen molar-refractivity contribution in [3.8, 4) is 0 Å². The normalized spacial score (nSPS) is 11.1. The standard InChI is InChI=1S/C11H14O5/c1-5-9(12)15-6-8(4)11(14)16-10(13)7(2)3/h5,8H,1-2,6H2,3-4H3. The Bertz CT molecular complexity index is 329. The molecule has 0 rings (SSSR count). The van der Waals surface area contributed by atoms with Crippen LogP contribution in [0.15, 0.2) is 24.8 Å². The van der Waals surface area contributed by atoms with Gasteiger partial charge in [-0.05, 0) is 13.8 Å². The topological polar surface area (TPSA) is 69.7 Å². The minimum atomic E-state index is -0.785. The summed E-state index contributed by atoms with van der Waals surface area (Å²) in [4.78, 5) is 32.9. The zero-order valence-corrected chi connectivity index (χ0v) is 9.32. The molecule has 0 aromatic heterocycles. The zero-order chi connectivity index (χ0) is 12.7. The Morgan fingerprint density at radius 2 is 1.94 bits per heavy atom. The van der Waals surface area contributed by atoms with Crippen molar-refractivity contribution in [2.45, 2.75) is 13.8 Å². The van der Waals surface area contributed by atoms with E-state index in [1.54, 1.807) is 0 Å². The second kappa shape index (κ2) is 6.55. The number of carbonyl (C=O) groups excluding carboxylic acids is 3. The van der Waals surface area contributed by atoms with Crippen molar-refractivity contribution in [2.24, 2.45) is 5.92 Å². The van der Waals surface area contributed by atoms with Crippen molar-refractivity contribution in [2.75, 3.05) is 6.61 Å². The monoisotopic (exact) mass is 226 g/mol. The lowest BCUT2D eigenvalue weighted by Crippen LogP contribution is -2.24. The number of hydrogen-bond donors (Lipinski definition) is 0. The molecule has 0 spiro atoms. The number of hydrogen-bond acceptors (Lipinski definition) is 5. The van der Waals surface area contributed by atoms with Crippen molar-refractivity contribution in [3.63, 3.8) is 0 Å². The van der Waals surface area contributed by atoms with Crippen LogP contribution in [0.1, 0.15) is 13.8 Å². The SMILES string of the molecule is C=CC(=O)OCC(C)C(=O)OC(=O)C(=C)C. The third-order valence-electron chi connectivity index (χ3n) is 1.59. The van der Waals surface area contributed by atoms with Crippen LogP contribution in [0.25, 0.3) is 0 Å². The summed E-state index contributed by atoms with van der Waals surface area (Å²) in [6.07, 6.45) is 0.983. The van der Waals surface area contributed by atoms with Gasteiger partial charge in [0.1, 0.15) is 6.61 Å². The van der Waals surface area contributed by atoms with Gasteiger partial charge in [0, 0.05) is 11.6 Å². The van der Waals surface area contributed by atoms with Crippen LogP contribution < -0.4 is 0 Å². The number of rotatable bonds is 5. The highest BCUT2D eigenvalue weighted by molar-refractivity contribution is 5.95. The highest BCUT2D eigenvalue weighted by Gasteiger charge is 2.19. The average molecular weight is 226 g/mol.